The van der Waals surface area contributed by atoms with E-state index in [0.29, 0.717) is 8.95 Å². The van der Waals surface area contributed by atoms with Crippen molar-refractivity contribution >= 4 is 37.8 Å². The quantitative estimate of drug-likeness (QED) is 0.837. The first kappa shape index (κ1) is 9.54. The van der Waals surface area contributed by atoms with E-state index in [1.54, 1.807) is 12.1 Å². The molecule has 1 aromatic carbocycles. The van der Waals surface area contributed by atoms with Gasteiger partial charge in [0, 0.05) is 4.47 Å². The van der Waals surface area contributed by atoms with E-state index in [2.05, 4.69) is 31.9 Å². The SMILES string of the molecule is O=C(O)c1c(Br)ccc(Br)c1O. The molecule has 0 aliphatic carbocycles. The first-order valence-corrected chi connectivity index (χ1v) is 4.53. The first-order chi connectivity index (χ1) is 5.54. The average Bonchev–Trinajstić information content (AvgIpc) is 1.97. The summed E-state index contributed by atoms with van der Waals surface area (Å²) in [6.45, 7) is 0. The van der Waals surface area contributed by atoms with Gasteiger partial charge in [0.2, 0.25) is 0 Å². The summed E-state index contributed by atoms with van der Waals surface area (Å²) in [7, 11) is 0. The maximum atomic E-state index is 10.6. The number of phenols is 1. The fourth-order valence-electron chi connectivity index (χ4n) is 0.745. The Balaban J connectivity index is 3.43. The Morgan fingerprint density at radius 3 is 2.17 bits per heavy atom. The summed E-state index contributed by atoms with van der Waals surface area (Å²) in [5.41, 5.74) is -0.135. The Bertz CT molecular complexity index is 336. The van der Waals surface area contributed by atoms with Crippen LogP contribution in [0.25, 0.3) is 0 Å². The molecule has 0 amide bonds. The molecule has 2 N–H and O–H groups in total. The van der Waals surface area contributed by atoms with Crippen molar-refractivity contribution in [2.45, 2.75) is 0 Å². The van der Waals surface area contributed by atoms with Crippen LogP contribution in [0.2, 0.25) is 0 Å². The zero-order valence-electron chi connectivity index (χ0n) is 5.71. The lowest BCUT2D eigenvalue weighted by molar-refractivity contribution is 0.0692. The second-order valence-corrected chi connectivity index (χ2v) is 3.77. The molecule has 0 saturated carbocycles. The largest absolute Gasteiger partial charge is 0.506 e. The smallest absolute Gasteiger partial charge is 0.340 e. The maximum absolute atomic E-state index is 10.6. The minimum absolute atomic E-state index is 0.135. The fraction of sp³-hybridized carbons (Fsp3) is 0. The summed E-state index contributed by atoms with van der Waals surface area (Å²) >= 11 is 6.03. The molecule has 0 radical (unpaired) electrons. The summed E-state index contributed by atoms with van der Waals surface area (Å²) in [6.07, 6.45) is 0. The average molecular weight is 296 g/mol. The third-order valence-electron chi connectivity index (χ3n) is 1.29. The van der Waals surface area contributed by atoms with Gasteiger partial charge in [0.25, 0.3) is 0 Å². The summed E-state index contributed by atoms with van der Waals surface area (Å²) in [6, 6.07) is 3.11. The highest BCUT2D eigenvalue weighted by molar-refractivity contribution is 9.11. The van der Waals surface area contributed by atoms with Crippen LogP contribution in [0.4, 0.5) is 0 Å². The van der Waals surface area contributed by atoms with Crippen LogP contribution in [0.1, 0.15) is 10.4 Å². The number of carboxylic acid groups (broad SMARTS) is 1. The van der Waals surface area contributed by atoms with Gasteiger partial charge in [0.15, 0.2) is 0 Å². The van der Waals surface area contributed by atoms with Crippen LogP contribution in [0, 0.1) is 0 Å². The van der Waals surface area contributed by atoms with Crippen LogP contribution >= 0.6 is 31.9 Å². The number of benzene rings is 1. The van der Waals surface area contributed by atoms with Crippen molar-refractivity contribution in [2.75, 3.05) is 0 Å². The topological polar surface area (TPSA) is 57.5 Å². The molecule has 0 heterocycles. The molecule has 1 rings (SSSR count). The molecule has 0 bridgehead atoms. The van der Waals surface area contributed by atoms with Gasteiger partial charge in [-0.2, -0.15) is 0 Å². The van der Waals surface area contributed by atoms with Crippen LogP contribution in [-0.2, 0) is 0 Å². The normalized spacial score (nSPS) is 9.83. The van der Waals surface area contributed by atoms with Crippen LogP contribution in [0.15, 0.2) is 21.1 Å². The first-order valence-electron chi connectivity index (χ1n) is 2.94. The number of aromatic carboxylic acids is 1. The Labute approximate surface area is 85.3 Å². The minimum Gasteiger partial charge on any atom is -0.506 e. The van der Waals surface area contributed by atoms with Gasteiger partial charge < -0.3 is 10.2 Å². The molecular formula is C7H4Br2O3. The minimum atomic E-state index is -1.17. The lowest BCUT2D eigenvalue weighted by Crippen LogP contribution is -1.98. The van der Waals surface area contributed by atoms with E-state index in [1.165, 1.54) is 0 Å². The van der Waals surface area contributed by atoms with Crippen LogP contribution < -0.4 is 0 Å². The number of rotatable bonds is 1. The number of carbonyl (C=O) groups is 1. The molecule has 64 valence electrons. The zero-order valence-corrected chi connectivity index (χ0v) is 8.89. The maximum Gasteiger partial charge on any atom is 0.340 e. The second kappa shape index (κ2) is 3.45. The number of halogens is 2. The van der Waals surface area contributed by atoms with Crippen molar-refractivity contribution < 1.29 is 15.0 Å². The molecule has 12 heavy (non-hydrogen) atoms. The Kier molecular flexibility index (Phi) is 2.74. The Hall–Kier alpha value is -0.550. The molecule has 1 aromatic rings. The van der Waals surface area contributed by atoms with E-state index in [4.69, 9.17) is 5.11 Å². The monoisotopic (exact) mass is 294 g/mol. The molecule has 0 aromatic heterocycles. The Morgan fingerprint density at radius 2 is 1.75 bits per heavy atom. The van der Waals surface area contributed by atoms with Gasteiger partial charge in [-0.1, -0.05) is 0 Å². The Morgan fingerprint density at radius 1 is 1.25 bits per heavy atom. The molecule has 0 aliphatic rings. The predicted molar refractivity (Wildman–Crippen MR) is 50.5 cm³/mol. The molecule has 0 unspecified atom stereocenters. The van der Waals surface area contributed by atoms with Crippen molar-refractivity contribution in [3.05, 3.63) is 26.6 Å². The van der Waals surface area contributed by atoms with Gasteiger partial charge in [-0.3, -0.25) is 0 Å². The van der Waals surface area contributed by atoms with Gasteiger partial charge in [-0.15, -0.1) is 0 Å². The van der Waals surface area contributed by atoms with Crippen molar-refractivity contribution in [3.8, 4) is 5.75 Å². The van der Waals surface area contributed by atoms with Crippen LogP contribution in [0.3, 0.4) is 0 Å². The van der Waals surface area contributed by atoms with Gasteiger partial charge in [0.05, 0.1) is 4.47 Å². The summed E-state index contributed by atoms with van der Waals surface area (Å²) in [5.74, 6) is -1.43. The number of carboxylic acids is 1. The van der Waals surface area contributed by atoms with Crippen molar-refractivity contribution in [1.29, 1.82) is 0 Å². The van der Waals surface area contributed by atoms with E-state index in [1.807, 2.05) is 0 Å². The van der Waals surface area contributed by atoms with Gasteiger partial charge in [-0.25, -0.2) is 4.79 Å². The predicted octanol–water partition coefficient (Wildman–Crippen LogP) is 2.62. The molecule has 0 atom stereocenters. The van der Waals surface area contributed by atoms with Gasteiger partial charge in [-0.05, 0) is 44.0 Å². The molecule has 0 fully saturated rings. The van der Waals surface area contributed by atoms with Crippen molar-refractivity contribution in [2.24, 2.45) is 0 Å². The highest BCUT2D eigenvalue weighted by Crippen LogP contribution is 2.32. The standard InChI is InChI=1S/C7H4Br2O3/c8-3-1-2-4(9)6(10)5(3)7(11)12/h1-2,10H,(H,11,12). The summed E-state index contributed by atoms with van der Waals surface area (Å²) in [4.78, 5) is 10.6. The highest BCUT2D eigenvalue weighted by atomic mass is 79.9. The lowest BCUT2D eigenvalue weighted by Gasteiger charge is -2.03. The summed E-state index contributed by atoms with van der Waals surface area (Å²) in [5, 5.41) is 18.0. The zero-order chi connectivity index (χ0) is 9.30. The molecule has 0 spiro atoms. The highest BCUT2D eigenvalue weighted by Gasteiger charge is 2.15. The lowest BCUT2D eigenvalue weighted by atomic mass is 10.2. The van der Waals surface area contributed by atoms with E-state index >= 15 is 0 Å². The van der Waals surface area contributed by atoms with Crippen LogP contribution in [0.5, 0.6) is 5.75 Å². The van der Waals surface area contributed by atoms with E-state index in [9.17, 15) is 9.90 Å². The number of hydrogen-bond acceptors (Lipinski definition) is 2. The van der Waals surface area contributed by atoms with Crippen LogP contribution in [-0.4, -0.2) is 16.2 Å². The van der Waals surface area contributed by atoms with Gasteiger partial charge in [0.1, 0.15) is 11.3 Å². The van der Waals surface area contributed by atoms with E-state index < -0.39 is 5.97 Å². The van der Waals surface area contributed by atoms with Gasteiger partial charge >= 0.3 is 5.97 Å². The summed E-state index contributed by atoms with van der Waals surface area (Å²) < 4.78 is 0.721. The fourth-order valence-corrected chi connectivity index (χ4v) is 1.56. The second-order valence-electron chi connectivity index (χ2n) is 2.06. The molecular weight excluding hydrogens is 292 g/mol. The molecule has 0 aliphatic heterocycles. The molecule has 3 nitrogen and oxygen atoms in total. The third-order valence-corrected chi connectivity index (χ3v) is 2.59. The van der Waals surface area contributed by atoms with E-state index in [-0.39, 0.29) is 11.3 Å². The van der Waals surface area contributed by atoms with Crippen molar-refractivity contribution in [3.63, 3.8) is 0 Å². The van der Waals surface area contributed by atoms with E-state index in [0.717, 1.165) is 0 Å². The number of hydrogen-bond donors (Lipinski definition) is 2. The molecule has 5 heteroatoms. The van der Waals surface area contributed by atoms with Crippen molar-refractivity contribution in [1.82, 2.24) is 0 Å². The molecule has 0 saturated heterocycles. The number of aromatic hydroxyl groups is 1. The third kappa shape index (κ3) is 1.61.